The highest BCUT2D eigenvalue weighted by molar-refractivity contribution is 4.91. The van der Waals surface area contributed by atoms with Crippen LogP contribution in [0.2, 0.25) is 0 Å². The summed E-state index contributed by atoms with van der Waals surface area (Å²) in [5.41, 5.74) is 0.913. The molecule has 0 bridgehead atoms. The molecular weight excluding hydrogens is 274 g/mol. The van der Waals surface area contributed by atoms with Gasteiger partial charge in [0.1, 0.15) is 6.54 Å². The van der Waals surface area contributed by atoms with Gasteiger partial charge in [-0.15, -0.1) is 5.10 Å². The van der Waals surface area contributed by atoms with Crippen molar-refractivity contribution in [3.05, 3.63) is 11.9 Å². The molecule has 2 N–H and O–H groups in total. The third kappa shape index (κ3) is 8.61. The molecule has 0 aromatic carbocycles. The highest BCUT2D eigenvalue weighted by atomic mass is 16.5. The van der Waals surface area contributed by atoms with Crippen LogP contribution in [0.4, 0.5) is 0 Å². The molecule has 8 nitrogen and oxygen atoms in total. The van der Waals surface area contributed by atoms with E-state index in [1.54, 1.807) is 13.3 Å². The van der Waals surface area contributed by atoms with E-state index in [0.29, 0.717) is 33.0 Å². The molecule has 0 fully saturated rings. The molecule has 0 saturated carbocycles. The number of rotatable bonds is 12. The van der Waals surface area contributed by atoms with Crippen molar-refractivity contribution in [1.29, 1.82) is 0 Å². The first-order valence-corrected chi connectivity index (χ1v) is 7.16. The fourth-order valence-electron chi connectivity index (χ4n) is 1.73. The summed E-state index contributed by atoms with van der Waals surface area (Å²) in [4.78, 5) is 1.24. The van der Waals surface area contributed by atoms with Crippen LogP contribution in [0.3, 0.4) is 0 Å². The Labute approximate surface area is 126 Å². The summed E-state index contributed by atoms with van der Waals surface area (Å²) in [6, 6.07) is 0. The molecular formula is C13H28N5O3+. The predicted octanol–water partition coefficient (Wildman–Crippen LogP) is -0.710. The van der Waals surface area contributed by atoms with Crippen LogP contribution in [0.5, 0.6) is 0 Å². The van der Waals surface area contributed by atoms with E-state index in [-0.39, 0.29) is 0 Å². The quantitative estimate of drug-likeness (QED) is 0.312. The minimum absolute atomic E-state index is 0.608. The SMILES string of the molecule is COCCOCCOCC[N+](C)(C)CCc1cn(N)nn1. The van der Waals surface area contributed by atoms with E-state index in [1.807, 2.05) is 0 Å². The van der Waals surface area contributed by atoms with Crippen LogP contribution < -0.4 is 5.84 Å². The Hall–Kier alpha value is -1.22. The van der Waals surface area contributed by atoms with Crippen LogP contribution in [-0.4, -0.2) is 86.9 Å². The lowest BCUT2D eigenvalue weighted by Gasteiger charge is -2.29. The monoisotopic (exact) mass is 302 g/mol. The standard InChI is InChI=1S/C13H28N5O3/c1-18(2,5-4-13-12-17(14)16-15-13)6-7-20-10-11-21-9-8-19-3/h12H,4-11,14H2,1-3H3/q+1. The summed E-state index contributed by atoms with van der Waals surface area (Å²) in [6.07, 6.45) is 2.60. The lowest BCUT2D eigenvalue weighted by Crippen LogP contribution is -2.44. The molecule has 0 aliphatic carbocycles. The van der Waals surface area contributed by atoms with Crippen molar-refractivity contribution >= 4 is 0 Å². The van der Waals surface area contributed by atoms with Gasteiger partial charge in [0.05, 0.1) is 65.6 Å². The zero-order valence-corrected chi connectivity index (χ0v) is 13.3. The number of ether oxygens (including phenoxy) is 3. The van der Waals surface area contributed by atoms with Crippen molar-refractivity contribution in [2.24, 2.45) is 0 Å². The second kappa shape index (κ2) is 9.67. The topological polar surface area (TPSA) is 84.4 Å². The van der Waals surface area contributed by atoms with Crippen molar-refractivity contribution in [2.75, 3.05) is 73.2 Å². The second-order valence-corrected chi connectivity index (χ2v) is 5.54. The van der Waals surface area contributed by atoms with Gasteiger partial charge in [-0.2, -0.15) is 4.79 Å². The smallest absolute Gasteiger partial charge is 0.102 e. The number of nitrogen functional groups attached to an aromatic ring is 1. The molecule has 122 valence electrons. The van der Waals surface area contributed by atoms with E-state index in [9.17, 15) is 0 Å². The Bertz CT molecular complexity index is 384. The van der Waals surface area contributed by atoms with Crippen LogP contribution in [0.25, 0.3) is 0 Å². The number of hydrogen-bond donors (Lipinski definition) is 1. The number of nitrogens with two attached hydrogens (primary N) is 1. The van der Waals surface area contributed by atoms with Gasteiger partial charge < -0.3 is 24.5 Å². The Morgan fingerprint density at radius 1 is 1.10 bits per heavy atom. The highest BCUT2D eigenvalue weighted by Gasteiger charge is 2.15. The van der Waals surface area contributed by atoms with Gasteiger partial charge in [0, 0.05) is 13.5 Å². The minimum Gasteiger partial charge on any atom is -0.382 e. The van der Waals surface area contributed by atoms with Crippen molar-refractivity contribution in [2.45, 2.75) is 6.42 Å². The number of methoxy groups -OCH3 is 1. The largest absolute Gasteiger partial charge is 0.382 e. The number of hydrogen-bond acceptors (Lipinski definition) is 6. The Kier molecular flexibility index (Phi) is 8.21. The van der Waals surface area contributed by atoms with E-state index in [0.717, 1.165) is 29.7 Å². The maximum Gasteiger partial charge on any atom is 0.102 e. The van der Waals surface area contributed by atoms with Crippen LogP contribution in [0, 0.1) is 0 Å². The number of aromatic nitrogens is 3. The van der Waals surface area contributed by atoms with Gasteiger partial charge >= 0.3 is 0 Å². The summed E-state index contributed by atoms with van der Waals surface area (Å²) >= 11 is 0. The fraction of sp³-hybridized carbons (Fsp3) is 0.846. The summed E-state index contributed by atoms with van der Waals surface area (Å²) in [5.74, 6) is 5.47. The zero-order chi connectivity index (χ0) is 15.6. The summed E-state index contributed by atoms with van der Waals surface area (Å²) < 4.78 is 16.7. The van der Waals surface area contributed by atoms with E-state index >= 15 is 0 Å². The third-order valence-electron chi connectivity index (χ3n) is 3.18. The van der Waals surface area contributed by atoms with E-state index in [4.69, 9.17) is 20.1 Å². The molecule has 1 aromatic heterocycles. The first-order valence-electron chi connectivity index (χ1n) is 7.16. The van der Waals surface area contributed by atoms with Crippen LogP contribution in [0.1, 0.15) is 5.69 Å². The van der Waals surface area contributed by atoms with Crippen molar-refractivity contribution in [1.82, 2.24) is 15.1 Å². The lowest BCUT2D eigenvalue weighted by molar-refractivity contribution is -0.890. The maximum atomic E-state index is 5.57. The second-order valence-electron chi connectivity index (χ2n) is 5.54. The fourth-order valence-corrected chi connectivity index (χ4v) is 1.73. The zero-order valence-electron chi connectivity index (χ0n) is 13.3. The van der Waals surface area contributed by atoms with Crippen molar-refractivity contribution in [3.63, 3.8) is 0 Å². The normalized spacial score (nSPS) is 12.0. The minimum atomic E-state index is 0.608. The molecule has 21 heavy (non-hydrogen) atoms. The number of quaternary nitrogens is 1. The van der Waals surface area contributed by atoms with Crippen LogP contribution >= 0.6 is 0 Å². The van der Waals surface area contributed by atoms with Gasteiger partial charge in [-0.25, -0.2) is 0 Å². The molecule has 0 unspecified atom stereocenters. The average Bonchev–Trinajstić information content (AvgIpc) is 2.85. The average molecular weight is 302 g/mol. The molecule has 0 amide bonds. The summed E-state index contributed by atoms with van der Waals surface area (Å²) in [6.45, 7) is 5.08. The third-order valence-corrected chi connectivity index (χ3v) is 3.18. The number of likely N-dealkylation sites (N-methyl/N-ethyl adjacent to an activating group) is 1. The van der Waals surface area contributed by atoms with Gasteiger partial charge in [-0.05, 0) is 5.21 Å². The predicted molar refractivity (Wildman–Crippen MR) is 79.2 cm³/mol. The molecule has 8 heteroatoms. The van der Waals surface area contributed by atoms with Gasteiger partial charge in [0.25, 0.3) is 0 Å². The van der Waals surface area contributed by atoms with Crippen LogP contribution in [-0.2, 0) is 20.6 Å². The molecule has 0 saturated heterocycles. The Balaban J connectivity index is 2.04. The highest BCUT2D eigenvalue weighted by Crippen LogP contribution is 2.01. The van der Waals surface area contributed by atoms with Crippen LogP contribution in [0.15, 0.2) is 6.20 Å². The van der Waals surface area contributed by atoms with Gasteiger partial charge in [-0.3, -0.25) is 0 Å². The molecule has 0 aliphatic heterocycles. The Morgan fingerprint density at radius 2 is 1.76 bits per heavy atom. The summed E-state index contributed by atoms with van der Waals surface area (Å²) in [7, 11) is 6.00. The van der Waals surface area contributed by atoms with Crippen molar-refractivity contribution < 1.29 is 18.7 Å². The van der Waals surface area contributed by atoms with E-state index in [2.05, 4.69) is 24.4 Å². The van der Waals surface area contributed by atoms with Gasteiger partial charge in [0.2, 0.25) is 0 Å². The Morgan fingerprint density at radius 3 is 2.38 bits per heavy atom. The van der Waals surface area contributed by atoms with Gasteiger partial charge in [-0.1, -0.05) is 0 Å². The molecule has 1 heterocycles. The molecule has 0 radical (unpaired) electrons. The number of nitrogens with zero attached hydrogens (tertiary/aromatic N) is 4. The molecule has 0 atom stereocenters. The van der Waals surface area contributed by atoms with E-state index in [1.165, 1.54) is 4.79 Å². The lowest BCUT2D eigenvalue weighted by atomic mass is 10.3. The molecule has 1 rings (SSSR count). The van der Waals surface area contributed by atoms with Gasteiger partial charge in [0.15, 0.2) is 0 Å². The maximum absolute atomic E-state index is 5.57. The molecule has 0 spiro atoms. The summed E-state index contributed by atoms with van der Waals surface area (Å²) in [5, 5.41) is 7.71. The first-order chi connectivity index (χ1) is 10.0. The molecule has 1 aromatic rings. The first kappa shape index (κ1) is 17.8. The molecule has 0 aliphatic rings. The van der Waals surface area contributed by atoms with E-state index < -0.39 is 0 Å². The van der Waals surface area contributed by atoms with Crippen molar-refractivity contribution in [3.8, 4) is 0 Å².